The molecular weight excluding hydrogens is 278 g/mol. The number of nitrogens with zero attached hydrogens (tertiary/aromatic N) is 2. The molecule has 2 rings (SSSR count). The fourth-order valence-electron chi connectivity index (χ4n) is 2.05. The molecule has 0 radical (unpaired) electrons. The van der Waals surface area contributed by atoms with Gasteiger partial charge in [-0.3, -0.25) is 9.48 Å². The first-order valence-electron chi connectivity index (χ1n) is 6.13. The Bertz CT molecular complexity index is 763. The van der Waals surface area contributed by atoms with Crippen molar-refractivity contribution < 1.29 is 13.2 Å². The average molecular weight is 295 g/mol. The Labute approximate surface area is 117 Å². The van der Waals surface area contributed by atoms with Crippen molar-refractivity contribution in [3.8, 4) is 0 Å². The van der Waals surface area contributed by atoms with E-state index in [0.29, 0.717) is 0 Å². The monoisotopic (exact) mass is 295 g/mol. The average Bonchev–Trinajstić information content (AvgIpc) is 2.61. The highest BCUT2D eigenvalue weighted by Crippen LogP contribution is 2.19. The van der Waals surface area contributed by atoms with Gasteiger partial charge in [0.2, 0.25) is 5.91 Å². The predicted molar refractivity (Wildman–Crippen MR) is 77.0 cm³/mol. The van der Waals surface area contributed by atoms with Gasteiger partial charge in [-0.05, 0) is 19.1 Å². The SMILES string of the molecule is Cc1ccc2c(c1)c(CNC(=O)CS(C)(=O)=O)nn2C. The van der Waals surface area contributed by atoms with Crippen LogP contribution in [0.3, 0.4) is 0 Å². The summed E-state index contributed by atoms with van der Waals surface area (Å²) < 4.78 is 23.8. The van der Waals surface area contributed by atoms with E-state index in [4.69, 9.17) is 0 Å². The van der Waals surface area contributed by atoms with Crippen molar-refractivity contribution in [3.05, 3.63) is 29.5 Å². The van der Waals surface area contributed by atoms with Gasteiger partial charge in [-0.25, -0.2) is 8.42 Å². The van der Waals surface area contributed by atoms with Crippen LogP contribution >= 0.6 is 0 Å². The minimum absolute atomic E-state index is 0.217. The molecular formula is C13H17N3O3S. The summed E-state index contributed by atoms with van der Waals surface area (Å²) in [4.78, 5) is 11.5. The highest BCUT2D eigenvalue weighted by atomic mass is 32.2. The van der Waals surface area contributed by atoms with Crippen LogP contribution < -0.4 is 5.32 Å². The lowest BCUT2D eigenvalue weighted by molar-refractivity contribution is -0.118. The number of sulfone groups is 1. The summed E-state index contributed by atoms with van der Waals surface area (Å²) in [5.74, 6) is -1.02. The highest BCUT2D eigenvalue weighted by Gasteiger charge is 2.13. The molecule has 0 fully saturated rings. The Balaban J connectivity index is 2.18. The number of nitrogens with one attached hydrogen (secondary N) is 1. The smallest absolute Gasteiger partial charge is 0.235 e. The number of hydrogen-bond donors (Lipinski definition) is 1. The first-order valence-corrected chi connectivity index (χ1v) is 8.19. The Hall–Kier alpha value is -1.89. The van der Waals surface area contributed by atoms with Gasteiger partial charge < -0.3 is 5.32 Å². The summed E-state index contributed by atoms with van der Waals surface area (Å²) in [5, 5.41) is 7.90. The van der Waals surface area contributed by atoms with Gasteiger partial charge in [0.15, 0.2) is 9.84 Å². The van der Waals surface area contributed by atoms with Gasteiger partial charge >= 0.3 is 0 Å². The highest BCUT2D eigenvalue weighted by molar-refractivity contribution is 7.91. The molecule has 0 atom stereocenters. The van der Waals surface area contributed by atoms with E-state index >= 15 is 0 Å². The van der Waals surface area contributed by atoms with E-state index in [-0.39, 0.29) is 6.54 Å². The van der Waals surface area contributed by atoms with Gasteiger partial charge in [0.1, 0.15) is 5.75 Å². The molecule has 1 aromatic heterocycles. The van der Waals surface area contributed by atoms with Crippen molar-refractivity contribution in [2.75, 3.05) is 12.0 Å². The predicted octanol–water partition coefficient (Wildman–Crippen LogP) is 0.543. The van der Waals surface area contributed by atoms with Gasteiger partial charge in [-0.2, -0.15) is 5.10 Å². The van der Waals surface area contributed by atoms with Crippen LogP contribution in [0.25, 0.3) is 10.9 Å². The summed E-state index contributed by atoms with van der Waals surface area (Å²) >= 11 is 0. The van der Waals surface area contributed by atoms with Crippen LogP contribution in [-0.2, 0) is 28.2 Å². The lowest BCUT2D eigenvalue weighted by Crippen LogP contribution is -2.29. The fourth-order valence-corrected chi connectivity index (χ4v) is 2.63. The Kier molecular flexibility index (Phi) is 3.80. The third-order valence-corrected chi connectivity index (χ3v) is 3.72. The van der Waals surface area contributed by atoms with Gasteiger partial charge in [0.05, 0.1) is 17.8 Å². The zero-order chi connectivity index (χ0) is 14.9. The quantitative estimate of drug-likeness (QED) is 0.893. The molecule has 1 amide bonds. The second-order valence-corrected chi connectivity index (χ2v) is 7.08. The fraction of sp³-hybridized carbons (Fsp3) is 0.385. The van der Waals surface area contributed by atoms with Crippen LogP contribution in [0.15, 0.2) is 18.2 Å². The molecule has 0 unspecified atom stereocenters. The van der Waals surface area contributed by atoms with Gasteiger partial charge in [0, 0.05) is 18.7 Å². The number of aryl methyl sites for hydroxylation is 2. The van der Waals surface area contributed by atoms with Crippen molar-refractivity contribution in [2.24, 2.45) is 7.05 Å². The number of rotatable bonds is 4. The van der Waals surface area contributed by atoms with E-state index in [1.807, 2.05) is 32.2 Å². The van der Waals surface area contributed by atoms with E-state index in [9.17, 15) is 13.2 Å². The third-order valence-electron chi connectivity index (χ3n) is 2.93. The molecule has 20 heavy (non-hydrogen) atoms. The van der Waals surface area contributed by atoms with E-state index in [2.05, 4.69) is 10.4 Å². The minimum Gasteiger partial charge on any atom is -0.349 e. The molecule has 0 saturated heterocycles. The van der Waals surface area contributed by atoms with Crippen molar-refractivity contribution >= 4 is 26.6 Å². The number of benzene rings is 1. The Morgan fingerprint density at radius 2 is 2.10 bits per heavy atom. The molecule has 0 aliphatic carbocycles. The third kappa shape index (κ3) is 3.36. The Morgan fingerprint density at radius 1 is 1.40 bits per heavy atom. The summed E-state index contributed by atoms with van der Waals surface area (Å²) in [6.45, 7) is 2.20. The van der Waals surface area contributed by atoms with Crippen LogP contribution in [0.5, 0.6) is 0 Å². The maximum atomic E-state index is 11.5. The van der Waals surface area contributed by atoms with Crippen LogP contribution in [0.1, 0.15) is 11.3 Å². The van der Waals surface area contributed by atoms with Crippen LogP contribution in [0.4, 0.5) is 0 Å². The van der Waals surface area contributed by atoms with Crippen molar-refractivity contribution in [2.45, 2.75) is 13.5 Å². The Morgan fingerprint density at radius 3 is 2.75 bits per heavy atom. The van der Waals surface area contributed by atoms with E-state index in [1.54, 1.807) is 4.68 Å². The van der Waals surface area contributed by atoms with E-state index in [0.717, 1.165) is 28.4 Å². The molecule has 0 bridgehead atoms. The number of amides is 1. The second-order valence-electron chi connectivity index (χ2n) is 4.94. The van der Waals surface area contributed by atoms with Gasteiger partial charge in [0.25, 0.3) is 0 Å². The normalized spacial score (nSPS) is 11.8. The lowest BCUT2D eigenvalue weighted by atomic mass is 10.1. The molecule has 1 heterocycles. The van der Waals surface area contributed by atoms with Crippen molar-refractivity contribution in [1.82, 2.24) is 15.1 Å². The molecule has 6 nitrogen and oxygen atoms in total. The largest absolute Gasteiger partial charge is 0.349 e. The standard InChI is InChI=1S/C13H17N3O3S/c1-9-4-5-12-10(6-9)11(15-16(12)2)7-14-13(17)8-20(3,18)19/h4-6H,7-8H2,1-3H3,(H,14,17). The maximum absolute atomic E-state index is 11.5. The summed E-state index contributed by atoms with van der Waals surface area (Å²) in [6.07, 6.45) is 1.03. The van der Waals surface area contributed by atoms with Crippen molar-refractivity contribution in [1.29, 1.82) is 0 Å². The summed E-state index contributed by atoms with van der Waals surface area (Å²) in [7, 11) is -1.48. The molecule has 0 aliphatic heterocycles. The molecule has 1 N–H and O–H groups in total. The first kappa shape index (κ1) is 14.5. The van der Waals surface area contributed by atoms with Gasteiger partial charge in [-0.1, -0.05) is 11.6 Å². The molecule has 108 valence electrons. The van der Waals surface area contributed by atoms with Crippen LogP contribution in [0, 0.1) is 6.92 Å². The molecule has 0 saturated carbocycles. The zero-order valence-electron chi connectivity index (χ0n) is 11.7. The number of hydrogen-bond acceptors (Lipinski definition) is 4. The van der Waals surface area contributed by atoms with E-state index < -0.39 is 21.5 Å². The number of carbonyl (C=O) groups is 1. The number of fused-ring (bicyclic) bond motifs is 1. The second kappa shape index (κ2) is 5.24. The first-order chi connectivity index (χ1) is 9.26. The number of aromatic nitrogens is 2. The van der Waals surface area contributed by atoms with E-state index in [1.165, 1.54) is 0 Å². The molecule has 7 heteroatoms. The minimum atomic E-state index is -3.31. The zero-order valence-corrected chi connectivity index (χ0v) is 12.5. The summed E-state index contributed by atoms with van der Waals surface area (Å²) in [6, 6.07) is 5.97. The van der Waals surface area contributed by atoms with Crippen LogP contribution in [0.2, 0.25) is 0 Å². The lowest BCUT2D eigenvalue weighted by Gasteiger charge is -2.02. The molecule has 0 aliphatic rings. The van der Waals surface area contributed by atoms with Crippen molar-refractivity contribution in [3.63, 3.8) is 0 Å². The topological polar surface area (TPSA) is 81.1 Å². The molecule has 1 aromatic carbocycles. The molecule has 0 spiro atoms. The maximum Gasteiger partial charge on any atom is 0.235 e. The summed E-state index contributed by atoms with van der Waals surface area (Å²) in [5.41, 5.74) is 2.81. The molecule has 2 aromatic rings. The van der Waals surface area contributed by atoms with Crippen LogP contribution in [-0.4, -0.2) is 36.1 Å². The number of carbonyl (C=O) groups excluding carboxylic acids is 1. The van der Waals surface area contributed by atoms with Gasteiger partial charge in [-0.15, -0.1) is 0 Å².